The van der Waals surface area contributed by atoms with Gasteiger partial charge in [-0.15, -0.1) is 0 Å². The van der Waals surface area contributed by atoms with Crippen LogP contribution in [0.3, 0.4) is 0 Å². The Hall–Kier alpha value is -2.99. The Kier molecular flexibility index (Phi) is 4.63. The van der Waals surface area contributed by atoms with Crippen molar-refractivity contribution in [2.75, 3.05) is 19.5 Å². The fourth-order valence-corrected chi connectivity index (χ4v) is 2.64. The zero-order valence-electron chi connectivity index (χ0n) is 13.6. The molecule has 6 nitrogen and oxygen atoms in total. The van der Waals surface area contributed by atoms with E-state index in [2.05, 4.69) is 15.0 Å². The van der Waals surface area contributed by atoms with E-state index in [4.69, 9.17) is 16.3 Å². The van der Waals surface area contributed by atoms with Gasteiger partial charge in [-0.1, -0.05) is 11.6 Å². The maximum absolute atomic E-state index is 12.6. The Bertz CT molecular complexity index is 965. The second kappa shape index (κ2) is 6.86. The van der Waals surface area contributed by atoms with Crippen molar-refractivity contribution < 1.29 is 19.1 Å². The highest BCUT2D eigenvalue weighted by molar-refractivity contribution is 6.34. The average Bonchev–Trinajstić information content (AvgIpc) is 3.05. The van der Waals surface area contributed by atoms with E-state index < -0.39 is 5.97 Å². The number of aromatic nitrogens is 1. The molecule has 3 aromatic rings. The molecule has 0 saturated carbocycles. The Morgan fingerprint density at radius 1 is 1.12 bits per heavy atom. The largest absolute Gasteiger partial charge is 0.497 e. The first-order valence-electron chi connectivity index (χ1n) is 7.38. The van der Waals surface area contributed by atoms with Crippen LogP contribution < -0.4 is 10.1 Å². The summed E-state index contributed by atoms with van der Waals surface area (Å²) in [7, 11) is 2.86. The molecule has 1 aromatic heterocycles. The lowest BCUT2D eigenvalue weighted by Crippen LogP contribution is -2.12. The molecule has 0 aliphatic heterocycles. The number of amides is 1. The summed E-state index contributed by atoms with van der Waals surface area (Å²) in [4.78, 5) is 27.3. The molecule has 1 heterocycles. The molecule has 0 radical (unpaired) electrons. The fraction of sp³-hybridized carbons (Fsp3) is 0.111. The monoisotopic (exact) mass is 358 g/mol. The minimum atomic E-state index is -0.508. The van der Waals surface area contributed by atoms with Crippen molar-refractivity contribution >= 4 is 40.1 Å². The first-order valence-corrected chi connectivity index (χ1v) is 7.75. The molecule has 2 N–H and O–H groups in total. The van der Waals surface area contributed by atoms with Crippen LogP contribution in [0.15, 0.2) is 42.6 Å². The standard InChI is InChI=1S/C18H15ClN2O4/c1-24-11-4-5-12-13(9-20-15(12)8-11)17(22)21-16-7-10(18(23)25-2)3-6-14(16)19/h3-9,20H,1-2H3,(H,21,22). The van der Waals surface area contributed by atoms with Crippen molar-refractivity contribution in [1.82, 2.24) is 4.98 Å². The second-order valence-corrected chi connectivity index (χ2v) is 5.66. The quantitative estimate of drug-likeness (QED) is 0.694. The molecule has 1 amide bonds. The molecule has 0 saturated heterocycles. The lowest BCUT2D eigenvalue weighted by Gasteiger charge is -2.08. The number of anilines is 1. The molecule has 0 unspecified atom stereocenters. The smallest absolute Gasteiger partial charge is 0.337 e. The van der Waals surface area contributed by atoms with E-state index in [-0.39, 0.29) is 5.91 Å². The predicted octanol–water partition coefficient (Wildman–Crippen LogP) is 3.87. The zero-order chi connectivity index (χ0) is 18.0. The van der Waals surface area contributed by atoms with Gasteiger partial charge in [-0.2, -0.15) is 0 Å². The molecule has 0 atom stereocenters. The number of nitrogens with one attached hydrogen (secondary N) is 2. The lowest BCUT2D eigenvalue weighted by molar-refractivity contribution is 0.0600. The van der Waals surface area contributed by atoms with Gasteiger partial charge in [0.05, 0.1) is 36.1 Å². The van der Waals surface area contributed by atoms with E-state index in [0.717, 1.165) is 10.9 Å². The van der Waals surface area contributed by atoms with Crippen molar-refractivity contribution in [2.24, 2.45) is 0 Å². The van der Waals surface area contributed by atoms with E-state index in [1.807, 2.05) is 0 Å². The minimum Gasteiger partial charge on any atom is -0.497 e. The topological polar surface area (TPSA) is 80.4 Å². The van der Waals surface area contributed by atoms with Crippen molar-refractivity contribution in [3.05, 3.63) is 58.7 Å². The number of methoxy groups -OCH3 is 2. The van der Waals surface area contributed by atoms with Gasteiger partial charge in [0.2, 0.25) is 0 Å². The summed E-state index contributed by atoms with van der Waals surface area (Å²) in [6.45, 7) is 0. The molecule has 3 rings (SSSR count). The number of hydrogen-bond donors (Lipinski definition) is 2. The molecule has 7 heteroatoms. The zero-order valence-corrected chi connectivity index (χ0v) is 14.3. The number of ether oxygens (including phenoxy) is 2. The van der Waals surface area contributed by atoms with Crippen LogP contribution in [0.1, 0.15) is 20.7 Å². The van der Waals surface area contributed by atoms with Crippen LogP contribution in [-0.2, 0) is 4.74 Å². The van der Waals surface area contributed by atoms with Crippen molar-refractivity contribution in [2.45, 2.75) is 0 Å². The first-order chi connectivity index (χ1) is 12.0. The summed E-state index contributed by atoms with van der Waals surface area (Å²) in [5.74, 6) is -0.165. The number of benzene rings is 2. The number of hydrogen-bond acceptors (Lipinski definition) is 4. The maximum atomic E-state index is 12.6. The predicted molar refractivity (Wildman–Crippen MR) is 95.6 cm³/mol. The summed E-state index contributed by atoms with van der Waals surface area (Å²) < 4.78 is 9.84. The van der Waals surface area contributed by atoms with Gasteiger partial charge in [0.15, 0.2) is 0 Å². The maximum Gasteiger partial charge on any atom is 0.337 e. The van der Waals surface area contributed by atoms with E-state index in [9.17, 15) is 9.59 Å². The molecule has 25 heavy (non-hydrogen) atoms. The van der Waals surface area contributed by atoms with Gasteiger partial charge in [-0.05, 0) is 30.3 Å². The van der Waals surface area contributed by atoms with Crippen LogP contribution in [0, 0.1) is 0 Å². The van der Waals surface area contributed by atoms with Gasteiger partial charge in [-0.3, -0.25) is 4.79 Å². The number of esters is 1. The molecule has 2 aromatic carbocycles. The summed E-state index contributed by atoms with van der Waals surface area (Å²) in [5, 5.41) is 3.79. The van der Waals surface area contributed by atoms with Crippen LogP contribution >= 0.6 is 11.6 Å². The summed E-state index contributed by atoms with van der Waals surface area (Å²) in [6, 6.07) is 9.91. The second-order valence-electron chi connectivity index (χ2n) is 5.25. The van der Waals surface area contributed by atoms with E-state index >= 15 is 0 Å². The number of carbonyl (C=O) groups excluding carboxylic acids is 2. The molecule has 0 bridgehead atoms. The summed E-state index contributed by atoms with van der Waals surface area (Å²) in [6.07, 6.45) is 1.61. The van der Waals surface area contributed by atoms with Crippen LogP contribution in [-0.4, -0.2) is 31.1 Å². The third kappa shape index (κ3) is 3.29. The van der Waals surface area contributed by atoms with Crippen LogP contribution in [0.5, 0.6) is 5.75 Å². The van der Waals surface area contributed by atoms with Gasteiger partial charge in [0, 0.05) is 23.2 Å². The number of H-pyrrole nitrogens is 1. The van der Waals surface area contributed by atoms with Gasteiger partial charge in [0.1, 0.15) is 5.75 Å². The number of aromatic amines is 1. The Balaban J connectivity index is 1.91. The molecular weight excluding hydrogens is 344 g/mol. The van der Waals surface area contributed by atoms with Crippen molar-refractivity contribution in [3.8, 4) is 5.75 Å². The number of fused-ring (bicyclic) bond motifs is 1. The van der Waals surface area contributed by atoms with Crippen LogP contribution in [0.25, 0.3) is 10.9 Å². The van der Waals surface area contributed by atoms with Gasteiger partial charge in [0.25, 0.3) is 5.91 Å². The van der Waals surface area contributed by atoms with E-state index in [1.54, 1.807) is 31.5 Å². The molecule has 0 aliphatic rings. The highest BCUT2D eigenvalue weighted by Crippen LogP contribution is 2.27. The normalized spacial score (nSPS) is 10.5. The first kappa shape index (κ1) is 16.9. The van der Waals surface area contributed by atoms with Crippen LogP contribution in [0.4, 0.5) is 5.69 Å². The van der Waals surface area contributed by atoms with Crippen molar-refractivity contribution in [1.29, 1.82) is 0 Å². The average molecular weight is 359 g/mol. The third-order valence-electron chi connectivity index (χ3n) is 3.77. The van der Waals surface area contributed by atoms with E-state index in [1.165, 1.54) is 25.3 Å². The Morgan fingerprint density at radius 2 is 1.92 bits per heavy atom. The van der Waals surface area contributed by atoms with Gasteiger partial charge in [-0.25, -0.2) is 4.79 Å². The Morgan fingerprint density at radius 3 is 2.64 bits per heavy atom. The molecule has 0 aliphatic carbocycles. The summed E-state index contributed by atoms with van der Waals surface area (Å²) >= 11 is 6.12. The molecule has 0 spiro atoms. The van der Waals surface area contributed by atoms with Crippen molar-refractivity contribution in [3.63, 3.8) is 0 Å². The van der Waals surface area contributed by atoms with Crippen LogP contribution in [0.2, 0.25) is 5.02 Å². The third-order valence-corrected chi connectivity index (χ3v) is 4.10. The van der Waals surface area contributed by atoms with Gasteiger partial charge >= 0.3 is 5.97 Å². The minimum absolute atomic E-state index is 0.297. The number of rotatable bonds is 4. The fourth-order valence-electron chi connectivity index (χ4n) is 2.48. The number of carbonyl (C=O) groups is 2. The van der Waals surface area contributed by atoms with E-state index in [0.29, 0.717) is 27.6 Å². The highest BCUT2D eigenvalue weighted by atomic mass is 35.5. The SMILES string of the molecule is COC(=O)c1ccc(Cl)c(NC(=O)c2c[nH]c3cc(OC)ccc23)c1. The highest BCUT2D eigenvalue weighted by Gasteiger charge is 2.15. The van der Waals surface area contributed by atoms with Gasteiger partial charge < -0.3 is 19.8 Å². The molecule has 128 valence electrons. The Labute approximate surface area is 148 Å². The summed E-state index contributed by atoms with van der Waals surface area (Å²) in [5.41, 5.74) is 1.86. The molecule has 0 fully saturated rings. The number of halogens is 1. The lowest BCUT2D eigenvalue weighted by atomic mass is 10.1. The molecular formula is C18H15ClN2O4.